The van der Waals surface area contributed by atoms with E-state index in [1.54, 1.807) is 20.2 Å². The first kappa shape index (κ1) is 12.5. The molecule has 0 fully saturated rings. The van der Waals surface area contributed by atoms with E-state index in [2.05, 4.69) is 4.98 Å². The van der Waals surface area contributed by atoms with Crippen LogP contribution in [-0.2, 0) is 0 Å². The molecule has 0 aliphatic rings. The van der Waals surface area contributed by atoms with Crippen molar-refractivity contribution in [3.8, 4) is 6.07 Å². The van der Waals surface area contributed by atoms with Crippen molar-refractivity contribution >= 4 is 17.7 Å². The number of carbonyl (C=O) groups excluding carboxylic acids is 1. The van der Waals surface area contributed by atoms with Crippen LogP contribution in [0.15, 0.2) is 17.2 Å². The van der Waals surface area contributed by atoms with Gasteiger partial charge >= 0.3 is 0 Å². The van der Waals surface area contributed by atoms with Gasteiger partial charge in [0, 0.05) is 25.2 Å². The Morgan fingerprint density at radius 3 is 2.81 bits per heavy atom. The molecule has 4 nitrogen and oxygen atoms in total. The van der Waals surface area contributed by atoms with Gasteiger partial charge in [0.1, 0.15) is 6.07 Å². The number of rotatable bonds is 3. The molecule has 0 atom stereocenters. The monoisotopic (exact) mass is 235 g/mol. The molecule has 1 amide bonds. The van der Waals surface area contributed by atoms with Gasteiger partial charge in [-0.1, -0.05) is 6.92 Å². The highest BCUT2D eigenvalue weighted by Crippen LogP contribution is 2.22. The third-order valence-corrected chi connectivity index (χ3v) is 2.82. The fraction of sp³-hybridized carbons (Fsp3) is 0.364. The summed E-state index contributed by atoms with van der Waals surface area (Å²) in [7, 11) is 3.38. The first-order valence-electron chi connectivity index (χ1n) is 4.84. The molecule has 0 aliphatic carbocycles. The van der Waals surface area contributed by atoms with Gasteiger partial charge in [0.05, 0.1) is 5.56 Å². The zero-order chi connectivity index (χ0) is 12.1. The topological polar surface area (TPSA) is 57.0 Å². The largest absolute Gasteiger partial charge is 0.345 e. The number of hydrogen-bond donors (Lipinski definition) is 0. The zero-order valence-electron chi connectivity index (χ0n) is 9.52. The normalized spacial score (nSPS) is 9.62. The highest BCUT2D eigenvalue weighted by Gasteiger charge is 2.12. The van der Waals surface area contributed by atoms with Crippen LogP contribution in [0.1, 0.15) is 23.0 Å². The predicted octanol–water partition coefficient (Wildman–Crippen LogP) is 1.77. The van der Waals surface area contributed by atoms with Crippen LogP contribution in [0.4, 0.5) is 0 Å². The summed E-state index contributed by atoms with van der Waals surface area (Å²) < 4.78 is 0. The summed E-state index contributed by atoms with van der Waals surface area (Å²) >= 11 is 1.51. The number of aromatic nitrogens is 1. The average molecular weight is 235 g/mol. The second kappa shape index (κ2) is 5.52. The first-order chi connectivity index (χ1) is 7.60. The van der Waals surface area contributed by atoms with E-state index in [0.29, 0.717) is 11.3 Å². The lowest BCUT2D eigenvalue weighted by Crippen LogP contribution is -2.22. The van der Waals surface area contributed by atoms with Crippen molar-refractivity contribution in [3.05, 3.63) is 23.5 Å². The molecule has 1 heterocycles. The number of nitriles is 1. The number of pyridine rings is 1. The van der Waals surface area contributed by atoms with Gasteiger partial charge in [-0.2, -0.15) is 5.26 Å². The van der Waals surface area contributed by atoms with Crippen molar-refractivity contribution in [1.29, 1.82) is 5.26 Å². The van der Waals surface area contributed by atoms with Crippen molar-refractivity contribution < 1.29 is 4.79 Å². The lowest BCUT2D eigenvalue weighted by molar-refractivity contribution is 0.0827. The van der Waals surface area contributed by atoms with E-state index in [1.165, 1.54) is 22.9 Å². The van der Waals surface area contributed by atoms with Gasteiger partial charge in [0.2, 0.25) is 0 Å². The summed E-state index contributed by atoms with van der Waals surface area (Å²) in [5.74, 6) is 0.741. The quantitative estimate of drug-likeness (QED) is 0.749. The lowest BCUT2D eigenvalue weighted by Gasteiger charge is -2.11. The molecule has 1 aromatic heterocycles. The average Bonchev–Trinajstić information content (AvgIpc) is 2.28. The van der Waals surface area contributed by atoms with Crippen molar-refractivity contribution in [2.75, 3.05) is 19.8 Å². The summed E-state index contributed by atoms with van der Waals surface area (Å²) in [6.07, 6.45) is 1.45. The van der Waals surface area contributed by atoms with E-state index >= 15 is 0 Å². The van der Waals surface area contributed by atoms with Crippen LogP contribution in [0, 0.1) is 11.3 Å². The van der Waals surface area contributed by atoms with E-state index in [0.717, 1.165) is 10.6 Å². The second-order valence-corrected chi connectivity index (χ2v) is 4.62. The van der Waals surface area contributed by atoms with E-state index in [-0.39, 0.29) is 5.91 Å². The second-order valence-electron chi connectivity index (χ2n) is 3.32. The number of hydrogen-bond acceptors (Lipinski definition) is 4. The number of nitrogens with zero attached hydrogens (tertiary/aromatic N) is 3. The summed E-state index contributed by atoms with van der Waals surface area (Å²) in [6.45, 7) is 1.99. The molecule has 0 radical (unpaired) electrons. The maximum absolute atomic E-state index is 11.7. The molecule has 1 rings (SSSR count). The van der Waals surface area contributed by atoms with Crippen LogP contribution < -0.4 is 0 Å². The summed E-state index contributed by atoms with van der Waals surface area (Å²) in [6, 6.07) is 3.74. The fourth-order valence-electron chi connectivity index (χ4n) is 1.17. The Morgan fingerprint density at radius 2 is 2.31 bits per heavy atom. The molecule has 0 spiro atoms. The highest BCUT2D eigenvalue weighted by molar-refractivity contribution is 7.99. The van der Waals surface area contributed by atoms with Crippen LogP contribution in [0.25, 0.3) is 0 Å². The maximum Gasteiger partial charge on any atom is 0.254 e. The van der Waals surface area contributed by atoms with Gasteiger partial charge in [0.15, 0.2) is 5.69 Å². The van der Waals surface area contributed by atoms with Gasteiger partial charge in [0.25, 0.3) is 5.91 Å². The fourth-order valence-corrected chi connectivity index (χ4v) is 1.93. The minimum absolute atomic E-state index is 0.102. The van der Waals surface area contributed by atoms with Gasteiger partial charge in [-0.3, -0.25) is 4.79 Å². The molecule has 0 N–H and O–H groups in total. The van der Waals surface area contributed by atoms with Crippen LogP contribution in [0.2, 0.25) is 0 Å². The molecule has 16 heavy (non-hydrogen) atoms. The Kier molecular flexibility index (Phi) is 4.32. The smallest absolute Gasteiger partial charge is 0.254 e. The maximum atomic E-state index is 11.7. The zero-order valence-corrected chi connectivity index (χ0v) is 10.3. The van der Waals surface area contributed by atoms with Gasteiger partial charge in [-0.15, -0.1) is 11.8 Å². The Bertz CT molecular complexity index is 437. The molecule has 5 heteroatoms. The van der Waals surface area contributed by atoms with Crippen molar-refractivity contribution in [3.63, 3.8) is 0 Å². The van der Waals surface area contributed by atoms with Crippen molar-refractivity contribution in [2.45, 2.75) is 11.8 Å². The van der Waals surface area contributed by atoms with Crippen molar-refractivity contribution in [2.24, 2.45) is 0 Å². The van der Waals surface area contributed by atoms with Crippen LogP contribution in [0.3, 0.4) is 0 Å². The Hall–Kier alpha value is -1.54. The molecule has 0 saturated carbocycles. The first-order valence-corrected chi connectivity index (χ1v) is 5.83. The number of thioether (sulfide) groups is 1. The van der Waals surface area contributed by atoms with E-state index in [4.69, 9.17) is 5.26 Å². The third-order valence-electron chi connectivity index (χ3n) is 1.91. The Balaban J connectivity index is 3.12. The van der Waals surface area contributed by atoms with Crippen molar-refractivity contribution in [1.82, 2.24) is 9.88 Å². The van der Waals surface area contributed by atoms with Gasteiger partial charge < -0.3 is 4.90 Å². The Labute approximate surface area is 99.3 Å². The predicted molar refractivity (Wildman–Crippen MR) is 63.4 cm³/mol. The molecule has 84 valence electrons. The minimum atomic E-state index is -0.102. The minimum Gasteiger partial charge on any atom is -0.345 e. The summed E-state index contributed by atoms with van der Waals surface area (Å²) in [5.41, 5.74) is 0.891. The number of carbonyl (C=O) groups is 1. The van der Waals surface area contributed by atoms with Crippen LogP contribution >= 0.6 is 11.8 Å². The number of amides is 1. The Morgan fingerprint density at radius 1 is 1.62 bits per heavy atom. The SMILES string of the molecule is CCSc1cc(C(=O)N(C)C)cnc1C#N. The molecular formula is C11H13N3OS. The lowest BCUT2D eigenvalue weighted by atomic mass is 10.2. The van der Waals surface area contributed by atoms with Crippen LogP contribution in [-0.4, -0.2) is 35.6 Å². The molecular weight excluding hydrogens is 222 g/mol. The molecule has 0 aromatic carbocycles. The van der Waals surface area contributed by atoms with Gasteiger partial charge in [-0.05, 0) is 11.8 Å². The summed E-state index contributed by atoms with van der Waals surface area (Å²) in [4.78, 5) is 17.9. The molecule has 1 aromatic rings. The van der Waals surface area contributed by atoms with E-state index in [9.17, 15) is 4.79 Å². The molecule has 0 saturated heterocycles. The third kappa shape index (κ3) is 2.74. The highest BCUT2D eigenvalue weighted by atomic mass is 32.2. The van der Waals surface area contributed by atoms with E-state index in [1.807, 2.05) is 13.0 Å². The van der Waals surface area contributed by atoms with Gasteiger partial charge in [-0.25, -0.2) is 4.98 Å². The molecule has 0 unspecified atom stereocenters. The molecule has 0 aliphatic heterocycles. The van der Waals surface area contributed by atoms with Crippen LogP contribution in [0.5, 0.6) is 0 Å². The summed E-state index contributed by atoms with van der Waals surface area (Å²) in [5, 5.41) is 8.86. The van der Waals surface area contributed by atoms with E-state index < -0.39 is 0 Å². The standard InChI is InChI=1S/C11H13N3OS/c1-4-16-10-5-8(11(15)14(2)3)7-13-9(10)6-12/h5,7H,4H2,1-3H3. The molecule has 0 bridgehead atoms.